The van der Waals surface area contributed by atoms with Gasteiger partial charge in [-0.25, -0.2) is 9.97 Å². The molecule has 5 N–H and O–H groups in total. The zero-order valence-electron chi connectivity index (χ0n) is 9.51. The normalized spacial score (nSPS) is 32.2. The van der Waals surface area contributed by atoms with Gasteiger partial charge in [0.25, 0.3) is 0 Å². The molecule has 1 aliphatic rings. The van der Waals surface area contributed by atoms with Crippen molar-refractivity contribution in [2.24, 2.45) is 0 Å². The number of nitrogens with two attached hydrogens (primary N) is 1. The first-order chi connectivity index (χ1) is 8.59. The van der Waals surface area contributed by atoms with Crippen LogP contribution in [0.4, 0.5) is 5.82 Å². The van der Waals surface area contributed by atoms with Crippen molar-refractivity contribution in [1.82, 2.24) is 14.5 Å². The van der Waals surface area contributed by atoms with E-state index in [9.17, 15) is 15.3 Å². The van der Waals surface area contributed by atoms with E-state index < -0.39 is 24.4 Å². The number of nitrogen functional groups attached to an aromatic ring is 1. The highest BCUT2D eigenvalue weighted by molar-refractivity contribution is 5.86. The van der Waals surface area contributed by atoms with Crippen molar-refractivity contribution in [2.45, 2.75) is 30.8 Å². The molecule has 7 nitrogen and oxygen atoms in total. The summed E-state index contributed by atoms with van der Waals surface area (Å²) in [6, 6.07) is 1.34. The minimum absolute atomic E-state index is 0.274. The number of rotatable bonds is 1. The Kier molecular flexibility index (Phi) is 2.47. The summed E-state index contributed by atoms with van der Waals surface area (Å²) in [5.41, 5.74) is 6.32. The smallest absolute Gasteiger partial charge is 0.145 e. The maximum Gasteiger partial charge on any atom is 0.145 e. The van der Waals surface area contributed by atoms with Gasteiger partial charge in [0.1, 0.15) is 30.0 Å². The second-order valence-electron chi connectivity index (χ2n) is 4.57. The number of nitrogens with zero attached hydrogens (tertiary/aromatic N) is 3. The molecule has 2 aromatic heterocycles. The van der Waals surface area contributed by atoms with Gasteiger partial charge < -0.3 is 25.6 Å². The fraction of sp³-hybridized carbons (Fsp3) is 0.455. The monoisotopic (exact) mass is 250 g/mol. The van der Waals surface area contributed by atoms with E-state index >= 15 is 0 Å². The molecular formula is C11H14N4O3. The van der Waals surface area contributed by atoms with Crippen molar-refractivity contribution < 1.29 is 15.3 Å². The van der Waals surface area contributed by atoms with Crippen LogP contribution in [0.15, 0.2) is 18.6 Å². The Morgan fingerprint density at radius 2 is 2.00 bits per heavy atom. The van der Waals surface area contributed by atoms with Crippen molar-refractivity contribution in [3.63, 3.8) is 0 Å². The summed E-state index contributed by atoms with van der Waals surface area (Å²) in [4.78, 5) is 8.02. The lowest BCUT2D eigenvalue weighted by atomic mass is 10.2. The Morgan fingerprint density at radius 3 is 2.67 bits per heavy atom. The molecule has 1 fully saturated rings. The van der Waals surface area contributed by atoms with E-state index in [2.05, 4.69) is 9.97 Å². The van der Waals surface area contributed by atoms with Crippen LogP contribution in [0.5, 0.6) is 0 Å². The summed E-state index contributed by atoms with van der Waals surface area (Å²) in [5, 5.41) is 29.8. The first-order valence-electron chi connectivity index (χ1n) is 5.71. The Balaban J connectivity index is 2.08. The van der Waals surface area contributed by atoms with Gasteiger partial charge in [-0.15, -0.1) is 0 Å². The van der Waals surface area contributed by atoms with Crippen LogP contribution in [-0.2, 0) is 0 Å². The molecule has 7 heteroatoms. The molecule has 0 aromatic carbocycles. The van der Waals surface area contributed by atoms with Gasteiger partial charge in [-0.05, 0) is 12.5 Å². The van der Waals surface area contributed by atoms with Gasteiger partial charge in [-0.3, -0.25) is 0 Å². The summed E-state index contributed by atoms with van der Waals surface area (Å²) in [5.74, 6) is 0.368. The lowest BCUT2D eigenvalue weighted by molar-refractivity contribution is -0.0244. The maximum atomic E-state index is 9.92. The third-order valence-corrected chi connectivity index (χ3v) is 3.52. The average Bonchev–Trinajstić information content (AvgIpc) is 2.88. The van der Waals surface area contributed by atoms with E-state index in [1.54, 1.807) is 16.8 Å². The molecule has 2 aromatic rings. The Labute approximate surface area is 103 Å². The number of anilines is 1. The predicted octanol–water partition coefficient (Wildman–Crippen LogP) is -0.959. The first-order valence-corrected chi connectivity index (χ1v) is 5.71. The molecule has 0 unspecified atom stereocenters. The topological polar surface area (TPSA) is 117 Å². The quantitative estimate of drug-likeness (QED) is 0.518. The standard InChI is InChI=1S/C11H14N4O3/c12-10-5-1-2-15(11(5)14-4-13-10)6-3-7(16)9(18)8(6)17/h1-2,4,6-9,16-18H,3H2,(H2,12,13,14)/t6-,7+,8+,9-/m1/s1. The SMILES string of the molecule is Nc1ncnc2c1ccn2[C@@H]1C[C@H](O)[C@@H](O)[C@H]1O. The molecular weight excluding hydrogens is 236 g/mol. The second-order valence-corrected chi connectivity index (χ2v) is 4.57. The molecule has 0 saturated heterocycles. The number of hydrogen-bond donors (Lipinski definition) is 4. The minimum Gasteiger partial charge on any atom is -0.390 e. The lowest BCUT2D eigenvalue weighted by Gasteiger charge is -2.18. The zero-order chi connectivity index (χ0) is 12.9. The lowest BCUT2D eigenvalue weighted by Crippen LogP contribution is -2.31. The molecule has 2 heterocycles. The average molecular weight is 250 g/mol. The number of aromatic nitrogens is 3. The molecule has 3 rings (SSSR count). The highest BCUT2D eigenvalue weighted by Crippen LogP contribution is 2.33. The van der Waals surface area contributed by atoms with Gasteiger partial charge in [0.2, 0.25) is 0 Å². The van der Waals surface area contributed by atoms with E-state index in [1.807, 2.05) is 0 Å². The zero-order valence-corrected chi connectivity index (χ0v) is 9.51. The van der Waals surface area contributed by atoms with Gasteiger partial charge in [0, 0.05) is 6.20 Å². The Morgan fingerprint density at radius 1 is 1.22 bits per heavy atom. The molecule has 0 radical (unpaired) electrons. The van der Waals surface area contributed by atoms with Crippen molar-refractivity contribution in [3.05, 3.63) is 18.6 Å². The molecule has 18 heavy (non-hydrogen) atoms. The summed E-state index contributed by atoms with van der Waals surface area (Å²) >= 11 is 0. The molecule has 0 aliphatic heterocycles. The molecule has 0 spiro atoms. The Hall–Kier alpha value is -1.70. The number of aliphatic hydroxyl groups excluding tert-OH is 3. The predicted molar refractivity (Wildman–Crippen MR) is 63.6 cm³/mol. The van der Waals surface area contributed by atoms with Gasteiger partial charge in [0.05, 0.1) is 17.5 Å². The van der Waals surface area contributed by atoms with Crippen LogP contribution in [0.25, 0.3) is 11.0 Å². The second kappa shape index (κ2) is 3.91. The minimum atomic E-state index is -1.13. The van der Waals surface area contributed by atoms with Crippen LogP contribution in [0.2, 0.25) is 0 Å². The molecule has 0 bridgehead atoms. The van der Waals surface area contributed by atoms with Crippen LogP contribution in [0, 0.1) is 0 Å². The molecule has 4 atom stereocenters. The third kappa shape index (κ3) is 1.48. The van der Waals surface area contributed by atoms with Crippen LogP contribution in [-0.4, -0.2) is 48.2 Å². The fourth-order valence-corrected chi connectivity index (χ4v) is 2.52. The summed E-state index contributed by atoms with van der Waals surface area (Å²) in [7, 11) is 0. The van der Waals surface area contributed by atoms with Crippen molar-refractivity contribution in [2.75, 3.05) is 5.73 Å². The maximum absolute atomic E-state index is 9.92. The number of fused-ring (bicyclic) bond motifs is 1. The third-order valence-electron chi connectivity index (χ3n) is 3.52. The number of hydrogen-bond acceptors (Lipinski definition) is 6. The molecule has 1 aliphatic carbocycles. The first kappa shape index (κ1) is 11.4. The van der Waals surface area contributed by atoms with Gasteiger partial charge in [-0.2, -0.15) is 0 Å². The van der Waals surface area contributed by atoms with Crippen molar-refractivity contribution in [1.29, 1.82) is 0 Å². The van der Waals surface area contributed by atoms with Crippen LogP contribution >= 0.6 is 0 Å². The fourth-order valence-electron chi connectivity index (χ4n) is 2.52. The highest BCUT2D eigenvalue weighted by Gasteiger charge is 2.41. The summed E-state index contributed by atoms with van der Waals surface area (Å²) in [6.45, 7) is 0. The number of aliphatic hydroxyl groups is 3. The van der Waals surface area contributed by atoms with E-state index in [-0.39, 0.29) is 6.42 Å². The van der Waals surface area contributed by atoms with E-state index in [0.29, 0.717) is 16.9 Å². The summed E-state index contributed by atoms with van der Waals surface area (Å²) in [6.07, 6.45) is 0.271. The Bertz CT molecular complexity index is 585. The van der Waals surface area contributed by atoms with E-state index in [1.165, 1.54) is 6.33 Å². The van der Waals surface area contributed by atoms with Crippen LogP contribution in [0.3, 0.4) is 0 Å². The van der Waals surface area contributed by atoms with Crippen LogP contribution in [0.1, 0.15) is 12.5 Å². The highest BCUT2D eigenvalue weighted by atomic mass is 16.4. The molecule has 0 amide bonds. The van der Waals surface area contributed by atoms with Gasteiger partial charge >= 0.3 is 0 Å². The van der Waals surface area contributed by atoms with E-state index in [4.69, 9.17) is 5.73 Å². The van der Waals surface area contributed by atoms with Gasteiger partial charge in [-0.1, -0.05) is 0 Å². The molecule has 1 saturated carbocycles. The summed E-state index contributed by atoms with van der Waals surface area (Å²) < 4.78 is 1.72. The molecule has 96 valence electrons. The largest absolute Gasteiger partial charge is 0.390 e. The van der Waals surface area contributed by atoms with Gasteiger partial charge in [0.15, 0.2) is 0 Å². The van der Waals surface area contributed by atoms with Crippen molar-refractivity contribution >= 4 is 16.9 Å². The van der Waals surface area contributed by atoms with E-state index in [0.717, 1.165) is 0 Å². The van der Waals surface area contributed by atoms with Crippen molar-refractivity contribution in [3.8, 4) is 0 Å². The van der Waals surface area contributed by atoms with Crippen LogP contribution < -0.4 is 5.73 Å².